The van der Waals surface area contributed by atoms with Gasteiger partial charge in [-0.15, -0.1) is 0 Å². The minimum atomic E-state index is -0.715. The first kappa shape index (κ1) is 9.97. The van der Waals surface area contributed by atoms with Crippen molar-refractivity contribution in [3.63, 3.8) is 0 Å². The molecule has 0 aliphatic heterocycles. The lowest BCUT2D eigenvalue weighted by Crippen LogP contribution is -2.25. The molecule has 0 fully saturated rings. The van der Waals surface area contributed by atoms with Gasteiger partial charge in [-0.05, 0) is 12.0 Å². The molecule has 0 aliphatic carbocycles. The van der Waals surface area contributed by atoms with Gasteiger partial charge in [0.2, 0.25) is 0 Å². The van der Waals surface area contributed by atoms with E-state index in [9.17, 15) is 0 Å². The first-order chi connectivity index (χ1) is 6.29. The molecule has 3 heteroatoms. The van der Waals surface area contributed by atoms with Crippen LogP contribution < -0.4 is 0 Å². The molecule has 1 aromatic rings. The van der Waals surface area contributed by atoms with Crippen LogP contribution >= 0.6 is 0 Å². The Balaban J connectivity index is 3.10. The molecule has 1 unspecified atom stereocenters. The summed E-state index contributed by atoms with van der Waals surface area (Å²) in [5.74, 6) is 0. The maximum atomic E-state index is 9.08. The van der Waals surface area contributed by atoms with Crippen molar-refractivity contribution in [2.24, 2.45) is 0 Å². The van der Waals surface area contributed by atoms with Crippen molar-refractivity contribution < 1.29 is 4.43 Å². The summed E-state index contributed by atoms with van der Waals surface area (Å²) < 4.78 is 5.40. The van der Waals surface area contributed by atoms with Gasteiger partial charge >= 0.3 is 0 Å². The van der Waals surface area contributed by atoms with Crippen molar-refractivity contribution in [2.45, 2.75) is 18.9 Å². The molecule has 0 amide bonds. The van der Waals surface area contributed by atoms with Crippen LogP contribution in [0.2, 0.25) is 0 Å². The summed E-state index contributed by atoms with van der Waals surface area (Å²) in [6.45, 7) is 1.97. The van der Waals surface area contributed by atoms with Gasteiger partial charge in [-0.3, -0.25) is 0 Å². The summed E-state index contributed by atoms with van der Waals surface area (Å²) in [5.41, 5.74) is 0.239. The van der Waals surface area contributed by atoms with Gasteiger partial charge in [-0.2, -0.15) is 5.26 Å². The second-order valence-corrected chi connectivity index (χ2v) is 3.27. The van der Waals surface area contributed by atoms with Crippen molar-refractivity contribution in [1.82, 2.24) is 0 Å². The number of nitriles is 1. The van der Waals surface area contributed by atoms with Crippen LogP contribution in [0.5, 0.6) is 0 Å². The van der Waals surface area contributed by atoms with Crippen molar-refractivity contribution >= 4 is 10.5 Å². The van der Waals surface area contributed by atoms with E-state index >= 15 is 0 Å². The van der Waals surface area contributed by atoms with Gasteiger partial charge in [0.1, 0.15) is 16.6 Å². The molecule has 0 N–H and O–H groups in total. The van der Waals surface area contributed by atoms with Crippen LogP contribution in [-0.4, -0.2) is 10.5 Å². The quantitative estimate of drug-likeness (QED) is 0.671. The summed E-state index contributed by atoms with van der Waals surface area (Å²) in [6, 6.07) is 11.9. The molecule has 1 aromatic carbocycles. The molecule has 2 nitrogen and oxygen atoms in total. The van der Waals surface area contributed by atoms with E-state index in [0.29, 0.717) is 16.9 Å². The molecule has 0 bridgehead atoms. The van der Waals surface area contributed by atoms with E-state index in [1.807, 2.05) is 37.3 Å². The van der Waals surface area contributed by atoms with Gasteiger partial charge in [0.25, 0.3) is 0 Å². The molecule has 0 saturated carbocycles. The molecule has 13 heavy (non-hydrogen) atoms. The van der Waals surface area contributed by atoms with Gasteiger partial charge in [0.05, 0.1) is 0 Å². The summed E-state index contributed by atoms with van der Waals surface area (Å²) >= 11 is 0. The molecule has 0 heterocycles. The maximum absolute atomic E-state index is 9.08. The predicted molar refractivity (Wildman–Crippen MR) is 55.0 cm³/mol. The smallest absolute Gasteiger partial charge is 0.169 e. The second-order valence-electron chi connectivity index (χ2n) is 2.86. The Morgan fingerprint density at radius 2 is 2.08 bits per heavy atom. The zero-order valence-electron chi connectivity index (χ0n) is 7.95. The van der Waals surface area contributed by atoms with Crippen molar-refractivity contribution in [3.05, 3.63) is 35.9 Å². The number of benzene rings is 1. The van der Waals surface area contributed by atoms with Crippen LogP contribution in [0.1, 0.15) is 18.9 Å². The van der Waals surface area contributed by atoms with E-state index in [4.69, 9.17) is 9.69 Å². The summed E-state index contributed by atoms with van der Waals surface area (Å²) in [6.07, 6.45) is 0.691. The first-order valence-corrected chi connectivity index (χ1v) is 5.12. The van der Waals surface area contributed by atoms with Crippen LogP contribution in [0.15, 0.2) is 30.3 Å². The lowest BCUT2D eigenvalue weighted by Gasteiger charge is -2.24. The normalized spacial score (nSPS) is 14.8. The van der Waals surface area contributed by atoms with Gasteiger partial charge in [-0.1, -0.05) is 37.3 Å². The number of rotatable bonds is 3. The zero-order valence-corrected chi connectivity index (χ0v) is 9.95. The second kappa shape index (κ2) is 4.22. The molecule has 0 saturated heterocycles. The van der Waals surface area contributed by atoms with Gasteiger partial charge in [-0.25, -0.2) is 0 Å². The Kier molecular flexibility index (Phi) is 3.23. The molecule has 0 aromatic heterocycles. The average molecular weight is 191 g/mol. The third kappa shape index (κ3) is 1.79. The predicted octanol–water partition coefficient (Wildman–Crippen LogP) is 1.11. The van der Waals surface area contributed by atoms with Crippen molar-refractivity contribution in [1.29, 1.82) is 5.26 Å². The highest BCUT2D eigenvalue weighted by Gasteiger charge is 2.28. The third-order valence-electron chi connectivity index (χ3n) is 2.27. The lowest BCUT2D eigenvalue weighted by atomic mass is 9.93. The highest BCUT2D eigenvalue weighted by Crippen LogP contribution is 2.27. The highest BCUT2D eigenvalue weighted by molar-refractivity contribution is 5.98. The monoisotopic (exact) mass is 191 g/mol. The van der Waals surface area contributed by atoms with E-state index in [0.717, 1.165) is 5.56 Å². The van der Waals surface area contributed by atoms with E-state index in [2.05, 4.69) is 6.07 Å². The maximum Gasteiger partial charge on any atom is 0.169 e. The molecular weight excluding hydrogens is 178 g/mol. The van der Waals surface area contributed by atoms with Crippen LogP contribution in [0.25, 0.3) is 0 Å². The van der Waals surface area contributed by atoms with Crippen LogP contribution in [0, 0.1) is 11.3 Å². The molecule has 1 atom stereocenters. The summed E-state index contributed by atoms with van der Waals surface area (Å²) in [7, 11) is 0.578. The zero-order chi connectivity index (χ0) is 9.73. The molecule has 1 rings (SSSR count). The van der Waals surface area contributed by atoms with E-state index < -0.39 is 5.60 Å². The molecule has 0 aliphatic rings. The first-order valence-electron chi connectivity index (χ1n) is 4.31. The SMILES string of the molecule is CCC(C#N)(O[SiH3])c1ccccc1. The van der Waals surface area contributed by atoms with Crippen LogP contribution in [0.4, 0.5) is 0 Å². The fraction of sp³-hybridized carbons (Fsp3) is 0.300. The molecular formula is C10H13NOSi. The van der Waals surface area contributed by atoms with E-state index in [1.54, 1.807) is 0 Å². The summed E-state index contributed by atoms with van der Waals surface area (Å²) in [4.78, 5) is 0. The third-order valence-corrected chi connectivity index (χ3v) is 2.96. The Hall–Kier alpha value is -1.11. The van der Waals surface area contributed by atoms with E-state index in [1.165, 1.54) is 0 Å². The van der Waals surface area contributed by atoms with Crippen molar-refractivity contribution in [3.8, 4) is 6.07 Å². The molecule has 68 valence electrons. The topological polar surface area (TPSA) is 33.0 Å². The summed E-state index contributed by atoms with van der Waals surface area (Å²) in [5, 5.41) is 9.08. The lowest BCUT2D eigenvalue weighted by molar-refractivity contribution is 0.138. The number of hydrogen-bond acceptors (Lipinski definition) is 2. The fourth-order valence-electron chi connectivity index (χ4n) is 1.36. The Morgan fingerprint density at radius 3 is 2.46 bits per heavy atom. The van der Waals surface area contributed by atoms with Gasteiger partial charge < -0.3 is 4.43 Å². The van der Waals surface area contributed by atoms with Gasteiger partial charge in [0.15, 0.2) is 5.60 Å². The number of hydrogen-bond donors (Lipinski definition) is 0. The van der Waals surface area contributed by atoms with E-state index in [-0.39, 0.29) is 0 Å². The largest absolute Gasteiger partial charge is 0.407 e. The molecule has 0 radical (unpaired) electrons. The standard InChI is InChI=1S/C10H13NOSi/c1-2-10(8-11,12-13)9-6-4-3-5-7-9/h3-7H,2H2,1,13H3. The van der Waals surface area contributed by atoms with Crippen molar-refractivity contribution in [2.75, 3.05) is 0 Å². The average Bonchev–Trinajstić information content (AvgIpc) is 2.23. The van der Waals surface area contributed by atoms with Crippen LogP contribution in [0.3, 0.4) is 0 Å². The minimum Gasteiger partial charge on any atom is -0.407 e. The minimum absolute atomic E-state index is 0.578. The Morgan fingerprint density at radius 1 is 1.46 bits per heavy atom. The Labute approximate surface area is 81.7 Å². The Bertz CT molecular complexity index is 300. The number of nitrogens with zero attached hydrogens (tertiary/aromatic N) is 1. The fourth-order valence-corrected chi connectivity index (χ4v) is 1.98. The van der Waals surface area contributed by atoms with Gasteiger partial charge in [0, 0.05) is 0 Å². The molecule has 0 spiro atoms. The van der Waals surface area contributed by atoms with Crippen LogP contribution in [-0.2, 0) is 10.0 Å². The highest BCUT2D eigenvalue weighted by atomic mass is 28.2.